The van der Waals surface area contributed by atoms with Crippen LogP contribution in [0, 0.1) is 24.0 Å². The van der Waals surface area contributed by atoms with E-state index in [1.807, 2.05) is 108 Å². The summed E-state index contributed by atoms with van der Waals surface area (Å²) < 4.78 is 53.4. The number of aromatic amines is 1. The molecule has 2 aromatic heterocycles. The number of rotatable bonds is 21. The van der Waals surface area contributed by atoms with E-state index in [4.69, 9.17) is 4.74 Å². The van der Waals surface area contributed by atoms with Crippen molar-refractivity contribution in [3.63, 3.8) is 0 Å². The standard InChI is InChI=1S/C55H73F3N8O5S/c1-34-26-41-40-14-10-11-15-44(40)61-48(41)49(66(34)32-55(6,7)58)47-42(56)28-39(29-43(47)57)71-25-24-64(9)23-22-63(8)21-13-12-16-46(68)62-51(54(3,4)5)53(70)65-31-38(67)27-45(65)52(69)59-30-36-17-19-37(20-18-36)50-35(2)60-33-72-50/h10-11,14-15,17-20,28-29,33-34,38,45,49,51,61,67H,12-13,16,21-27,30-32H2,1-9H3,(H,59,69)(H,62,68)/t34-,38-,45+,49-,51?/m1/s1. The molecule has 2 aliphatic heterocycles. The number of carbonyl (C=O) groups is 3. The molecule has 0 spiro atoms. The molecule has 17 heteroatoms. The average Bonchev–Trinajstić information content (AvgIpc) is 4.04. The van der Waals surface area contributed by atoms with Crippen LogP contribution in [-0.2, 0) is 27.3 Å². The van der Waals surface area contributed by atoms with Crippen molar-refractivity contribution in [2.75, 3.05) is 60.0 Å². The Morgan fingerprint density at radius 1 is 0.972 bits per heavy atom. The summed E-state index contributed by atoms with van der Waals surface area (Å²) in [6, 6.07) is 15.3. The lowest BCUT2D eigenvalue weighted by molar-refractivity contribution is -0.144. The molecule has 2 aliphatic rings. The number of hydrogen-bond acceptors (Lipinski definition) is 10. The van der Waals surface area contributed by atoms with Gasteiger partial charge in [0.05, 0.1) is 28.2 Å². The highest BCUT2D eigenvalue weighted by atomic mass is 32.1. The lowest BCUT2D eigenvalue weighted by Gasteiger charge is -2.43. The Hall–Kier alpha value is -5.33. The molecule has 4 heterocycles. The number of unbranched alkanes of at least 4 members (excludes halogenated alkanes) is 1. The Morgan fingerprint density at radius 2 is 1.65 bits per heavy atom. The first-order valence-electron chi connectivity index (χ1n) is 25.2. The van der Waals surface area contributed by atoms with Gasteiger partial charge in [0.2, 0.25) is 17.7 Å². The second-order valence-corrected chi connectivity index (χ2v) is 22.4. The van der Waals surface area contributed by atoms with Crippen molar-refractivity contribution in [3.05, 3.63) is 106 Å². The molecule has 0 saturated carbocycles. The smallest absolute Gasteiger partial charge is 0.246 e. The Labute approximate surface area is 426 Å². The number of fused-ring (bicyclic) bond motifs is 3. The van der Waals surface area contributed by atoms with Crippen molar-refractivity contribution in [3.8, 4) is 16.2 Å². The number of aliphatic hydroxyl groups excluding tert-OH is 1. The molecule has 390 valence electrons. The van der Waals surface area contributed by atoms with Crippen molar-refractivity contribution >= 4 is 40.0 Å². The first-order valence-corrected chi connectivity index (χ1v) is 26.0. The second kappa shape index (κ2) is 23.3. The van der Waals surface area contributed by atoms with Gasteiger partial charge in [0.1, 0.15) is 41.7 Å². The van der Waals surface area contributed by atoms with Gasteiger partial charge in [-0.15, -0.1) is 11.3 Å². The summed E-state index contributed by atoms with van der Waals surface area (Å²) >= 11 is 1.57. The highest BCUT2D eigenvalue weighted by Crippen LogP contribution is 2.44. The summed E-state index contributed by atoms with van der Waals surface area (Å²) in [5.74, 6) is -2.43. The minimum atomic E-state index is -1.60. The highest BCUT2D eigenvalue weighted by molar-refractivity contribution is 7.13. The minimum Gasteiger partial charge on any atom is -0.492 e. The van der Waals surface area contributed by atoms with Crippen molar-refractivity contribution in [2.45, 2.75) is 123 Å². The van der Waals surface area contributed by atoms with Gasteiger partial charge in [0, 0.05) is 92.4 Å². The fraction of sp³-hybridized carbons (Fsp3) is 0.527. The van der Waals surface area contributed by atoms with Crippen molar-refractivity contribution < 1.29 is 37.4 Å². The monoisotopic (exact) mass is 1010 g/mol. The van der Waals surface area contributed by atoms with Crippen LogP contribution < -0.4 is 15.4 Å². The van der Waals surface area contributed by atoms with Gasteiger partial charge in [0.25, 0.3) is 0 Å². The van der Waals surface area contributed by atoms with Gasteiger partial charge in [-0.25, -0.2) is 18.2 Å². The van der Waals surface area contributed by atoms with E-state index in [1.165, 1.54) is 30.9 Å². The van der Waals surface area contributed by atoms with Gasteiger partial charge >= 0.3 is 0 Å². The molecular weight excluding hydrogens is 942 g/mol. The summed E-state index contributed by atoms with van der Waals surface area (Å²) in [6.45, 7) is 15.7. The second-order valence-electron chi connectivity index (χ2n) is 21.6. The van der Waals surface area contributed by atoms with Gasteiger partial charge in [-0.05, 0) is 95.8 Å². The number of para-hydroxylation sites is 1. The number of aliphatic hydroxyl groups is 1. The number of nitrogens with one attached hydrogen (secondary N) is 3. The van der Waals surface area contributed by atoms with Crippen molar-refractivity contribution in [1.82, 2.24) is 40.2 Å². The van der Waals surface area contributed by atoms with E-state index in [2.05, 4.69) is 30.4 Å². The molecule has 13 nitrogen and oxygen atoms in total. The quantitative estimate of drug-likeness (QED) is 0.0535. The van der Waals surface area contributed by atoms with E-state index in [0.29, 0.717) is 31.6 Å². The Kier molecular flexibility index (Phi) is 17.6. The SMILES string of the molecule is Cc1ncsc1-c1ccc(CNC(=O)[C@@H]2C[C@@H](O)CN2C(=O)C(NC(=O)CCCCN(C)CCN(C)CCOc2cc(F)c([C@@H]3c4[nH]c5ccccc5c4C[C@@H](C)N3CC(C)(C)F)c(F)c2)C(C)(C)C)cc1. The number of nitrogens with zero attached hydrogens (tertiary/aromatic N) is 5. The topological polar surface area (TPSA) is 146 Å². The highest BCUT2D eigenvalue weighted by Gasteiger charge is 2.45. The molecule has 1 unspecified atom stereocenters. The Bertz CT molecular complexity index is 2640. The number of aryl methyl sites for hydroxylation is 1. The number of likely N-dealkylation sites (N-methyl/N-ethyl adjacent to an activating group) is 2. The number of benzene rings is 3. The van der Waals surface area contributed by atoms with E-state index >= 15 is 13.2 Å². The van der Waals surface area contributed by atoms with Crippen molar-refractivity contribution in [1.29, 1.82) is 0 Å². The van der Waals surface area contributed by atoms with E-state index in [1.54, 1.807) is 11.3 Å². The van der Waals surface area contributed by atoms with Crippen LogP contribution in [-0.4, -0.2) is 142 Å². The first kappa shape index (κ1) is 54.4. The number of H-pyrrole nitrogens is 1. The lowest BCUT2D eigenvalue weighted by Crippen LogP contribution is -2.57. The minimum absolute atomic E-state index is 0.000891. The summed E-state index contributed by atoms with van der Waals surface area (Å²) in [5, 5.41) is 17.5. The molecule has 7 rings (SSSR count). The van der Waals surface area contributed by atoms with E-state index in [-0.39, 0.29) is 68.3 Å². The third kappa shape index (κ3) is 13.4. The number of ether oxygens (including phenoxy) is 1. The maximum atomic E-state index is 16.2. The van der Waals surface area contributed by atoms with Crippen LogP contribution in [0.3, 0.4) is 0 Å². The van der Waals surface area contributed by atoms with Crippen LogP contribution in [0.1, 0.15) is 101 Å². The summed E-state index contributed by atoms with van der Waals surface area (Å²) in [4.78, 5) is 57.2. The molecule has 5 atom stereocenters. The molecular formula is C55H73F3N8O5S. The van der Waals surface area contributed by atoms with E-state index < -0.39 is 52.9 Å². The number of alkyl halides is 1. The molecule has 5 aromatic rings. The van der Waals surface area contributed by atoms with Crippen LogP contribution in [0.4, 0.5) is 13.2 Å². The number of carbonyl (C=O) groups excluding carboxylic acids is 3. The van der Waals surface area contributed by atoms with Crippen LogP contribution in [0.5, 0.6) is 5.75 Å². The predicted molar refractivity (Wildman–Crippen MR) is 278 cm³/mol. The number of hydrogen-bond donors (Lipinski definition) is 4. The largest absolute Gasteiger partial charge is 0.492 e. The molecule has 3 aromatic carbocycles. The molecule has 0 radical (unpaired) electrons. The fourth-order valence-electron chi connectivity index (χ4n) is 9.97. The van der Waals surface area contributed by atoms with Gasteiger partial charge in [-0.3, -0.25) is 19.3 Å². The molecule has 1 saturated heterocycles. The van der Waals surface area contributed by atoms with Crippen LogP contribution >= 0.6 is 11.3 Å². The predicted octanol–water partition coefficient (Wildman–Crippen LogP) is 8.18. The number of thiazole rings is 1. The molecule has 3 amide bonds. The van der Waals surface area contributed by atoms with Gasteiger partial charge in [-0.1, -0.05) is 63.2 Å². The number of amides is 3. The van der Waals surface area contributed by atoms with Crippen LogP contribution in [0.15, 0.2) is 66.2 Å². The summed E-state index contributed by atoms with van der Waals surface area (Å²) in [7, 11) is 3.95. The van der Waals surface area contributed by atoms with Crippen molar-refractivity contribution in [2.24, 2.45) is 5.41 Å². The first-order chi connectivity index (χ1) is 34.1. The fourth-order valence-corrected chi connectivity index (χ4v) is 10.8. The van der Waals surface area contributed by atoms with Crippen LogP contribution in [0.2, 0.25) is 0 Å². The molecule has 72 heavy (non-hydrogen) atoms. The van der Waals surface area contributed by atoms with E-state index in [9.17, 15) is 19.5 Å². The number of likely N-dealkylation sites (tertiary alicyclic amines) is 1. The normalized spacial score (nSPS) is 19.0. The molecule has 1 fully saturated rings. The zero-order valence-corrected chi connectivity index (χ0v) is 44.1. The summed E-state index contributed by atoms with van der Waals surface area (Å²) in [6.07, 6.45) is 1.43. The Morgan fingerprint density at radius 3 is 2.31 bits per heavy atom. The lowest BCUT2D eigenvalue weighted by atomic mass is 9.85. The zero-order valence-electron chi connectivity index (χ0n) is 43.3. The molecule has 4 N–H and O–H groups in total. The number of aromatic nitrogens is 2. The third-order valence-electron chi connectivity index (χ3n) is 13.9. The summed E-state index contributed by atoms with van der Waals surface area (Å²) in [5.41, 5.74) is 4.86. The van der Waals surface area contributed by atoms with Crippen LogP contribution in [0.25, 0.3) is 21.3 Å². The molecule has 0 bridgehead atoms. The Balaban J connectivity index is 0.836. The maximum absolute atomic E-state index is 16.2. The maximum Gasteiger partial charge on any atom is 0.246 e. The number of β-amino-alcohol motifs (C(OH)–C–C–N with tert-alkyl or cyclic N) is 1. The van der Waals surface area contributed by atoms with Gasteiger partial charge in [0.15, 0.2) is 0 Å². The molecule has 0 aliphatic carbocycles. The zero-order chi connectivity index (χ0) is 52.1. The van der Waals surface area contributed by atoms with Gasteiger partial charge < -0.3 is 40.2 Å². The number of halogens is 3. The van der Waals surface area contributed by atoms with Gasteiger partial charge in [-0.2, -0.15) is 0 Å². The van der Waals surface area contributed by atoms with E-state index in [0.717, 1.165) is 57.7 Å². The average molecular weight is 1020 g/mol. The third-order valence-corrected chi connectivity index (χ3v) is 14.9.